The van der Waals surface area contributed by atoms with Gasteiger partial charge >= 0.3 is 5.97 Å². The van der Waals surface area contributed by atoms with Crippen molar-refractivity contribution in [3.05, 3.63) is 0 Å². The molecule has 0 spiro atoms. The number of ether oxygens (including phenoxy) is 4. The lowest BCUT2D eigenvalue weighted by Crippen LogP contribution is -2.21. The third-order valence-corrected chi connectivity index (χ3v) is 3.91. The molecule has 0 aromatic carbocycles. The highest BCUT2D eigenvalue weighted by Crippen LogP contribution is 2.20. The zero-order valence-corrected chi connectivity index (χ0v) is 14.7. The van der Waals surface area contributed by atoms with Crippen LogP contribution in [0.2, 0.25) is 0 Å². The SMILES string of the molecule is CCCCOCCOCCOCCCC(=O)OC1CCCCC1. The second kappa shape index (κ2) is 14.9. The fraction of sp³-hybridized carbons (Fsp3) is 0.944. The molecular formula is C18H34O5. The Morgan fingerprint density at radius 1 is 0.826 bits per heavy atom. The van der Waals surface area contributed by atoms with Crippen LogP contribution in [-0.2, 0) is 23.7 Å². The maximum atomic E-state index is 11.7. The number of esters is 1. The normalized spacial score (nSPS) is 15.7. The molecule has 0 saturated heterocycles. The van der Waals surface area contributed by atoms with E-state index in [4.69, 9.17) is 18.9 Å². The lowest BCUT2D eigenvalue weighted by atomic mass is 9.98. The average molecular weight is 330 g/mol. The first kappa shape index (κ1) is 20.4. The predicted molar refractivity (Wildman–Crippen MR) is 89.6 cm³/mol. The molecule has 0 bridgehead atoms. The molecule has 136 valence electrons. The van der Waals surface area contributed by atoms with Gasteiger partial charge in [-0.15, -0.1) is 0 Å². The fourth-order valence-corrected chi connectivity index (χ4v) is 2.53. The van der Waals surface area contributed by atoms with Gasteiger partial charge < -0.3 is 18.9 Å². The molecule has 0 aliphatic heterocycles. The van der Waals surface area contributed by atoms with E-state index in [9.17, 15) is 4.79 Å². The van der Waals surface area contributed by atoms with Crippen LogP contribution in [0.4, 0.5) is 0 Å². The highest BCUT2D eigenvalue weighted by atomic mass is 16.5. The molecule has 23 heavy (non-hydrogen) atoms. The molecule has 1 saturated carbocycles. The van der Waals surface area contributed by atoms with Crippen LogP contribution in [-0.4, -0.2) is 51.7 Å². The molecule has 0 heterocycles. The Labute approximate surface area is 141 Å². The number of rotatable bonds is 14. The Morgan fingerprint density at radius 2 is 1.39 bits per heavy atom. The minimum Gasteiger partial charge on any atom is -0.462 e. The molecule has 1 rings (SSSR count). The largest absolute Gasteiger partial charge is 0.462 e. The fourth-order valence-electron chi connectivity index (χ4n) is 2.53. The molecular weight excluding hydrogens is 296 g/mol. The molecule has 1 aliphatic carbocycles. The molecule has 1 fully saturated rings. The summed E-state index contributed by atoms with van der Waals surface area (Å²) in [4.78, 5) is 11.7. The quantitative estimate of drug-likeness (QED) is 0.360. The van der Waals surface area contributed by atoms with Crippen molar-refractivity contribution in [2.75, 3.05) is 39.6 Å². The molecule has 0 aromatic heterocycles. The summed E-state index contributed by atoms with van der Waals surface area (Å²) in [6.45, 7) is 5.93. The Bertz CT molecular complexity index is 277. The lowest BCUT2D eigenvalue weighted by Gasteiger charge is -2.21. The molecule has 0 N–H and O–H groups in total. The highest BCUT2D eigenvalue weighted by Gasteiger charge is 2.17. The van der Waals surface area contributed by atoms with E-state index in [1.54, 1.807) is 0 Å². The standard InChI is InChI=1S/C18H34O5/c1-2-3-11-20-13-15-22-16-14-21-12-7-10-18(19)23-17-8-5-4-6-9-17/h17H,2-16H2,1H3. The first-order valence-corrected chi connectivity index (χ1v) is 9.25. The van der Waals surface area contributed by atoms with Crippen molar-refractivity contribution in [2.24, 2.45) is 0 Å². The van der Waals surface area contributed by atoms with Gasteiger partial charge in [-0.05, 0) is 38.5 Å². The van der Waals surface area contributed by atoms with E-state index < -0.39 is 0 Å². The molecule has 5 heteroatoms. The van der Waals surface area contributed by atoms with Crippen molar-refractivity contribution < 1.29 is 23.7 Å². The van der Waals surface area contributed by atoms with E-state index in [0.29, 0.717) is 45.9 Å². The summed E-state index contributed by atoms with van der Waals surface area (Å²) in [5.74, 6) is -0.0824. The number of unbranched alkanes of at least 4 members (excludes halogenated alkanes) is 1. The Kier molecular flexibility index (Phi) is 13.2. The zero-order valence-electron chi connectivity index (χ0n) is 14.7. The summed E-state index contributed by atoms with van der Waals surface area (Å²) >= 11 is 0. The van der Waals surface area contributed by atoms with Crippen LogP contribution in [0.25, 0.3) is 0 Å². The molecule has 0 amide bonds. The molecule has 1 aliphatic rings. The van der Waals surface area contributed by atoms with E-state index >= 15 is 0 Å². The van der Waals surface area contributed by atoms with Gasteiger partial charge in [-0.1, -0.05) is 19.8 Å². The van der Waals surface area contributed by atoms with Crippen molar-refractivity contribution in [1.29, 1.82) is 0 Å². The second-order valence-electron chi connectivity index (χ2n) is 6.04. The van der Waals surface area contributed by atoms with E-state index in [0.717, 1.165) is 32.3 Å². The minimum atomic E-state index is -0.0824. The van der Waals surface area contributed by atoms with E-state index in [1.165, 1.54) is 19.3 Å². The van der Waals surface area contributed by atoms with Gasteiger partial charge in [0.15, 0.2) is 0 Å². The van der Waals surface area contributed by atoms with Gasteiger partial charge in [-0.3, -0.25) is 4.79 Å². The van der Waals surface area contributed by atoms with E-state index in [1.807, 2.05) is 0 Å². The van der Waals surface area contributed by atoms with E-state index in [-0.39, 0.29) is 12.1 Å². The van der Waals surface area contributed by atoms with Gasteiger partial charge in [0.2, 0.25) is 0 Å². The topological polar surface area (TPSA) is 54.0 Å². The van der Waals surface area contributed by atoms with Gasteiger partial charge in [0, 0.05) is 19.6 Å². The first-order chi connectivity index (χ1) is 11.3. The van der Waals surface area contributed by atoms with Crippen LogP contribution in [0.3, 0.4) is 0 Å². The molecule has 0 aromatic rings. The van der Waals surface area contributed by atoms with Gasteiger partial charge in [-0.25, -0.2) is 0 Å². The van der Waals surface area contributed by atoms with Gasteiger partial charge in [0.1, 0.15) is 6.10 Å². The monoisotopic (exact) mass is 330 g/mol. The zero-order chi connectivity index (χ0) is 16.6. The van der Waals surface area contributed by atoms with Crippen molar-refractivity contribution in [1.82, 2.24) is 0 Å². The second-order valence-corrected chi connectivity index (χ2v) is 6.04. The summed E-state index contributed by atoms with van der Waals surface area (Å²) < 4.78 is 21.7. The Balaban J connectivity index is 1.77. The summed E-state index contributed by atoms with van der Waals surface area (Å²) in [5.41, 5.74) is 0. The number of carbonyl (C=O) groups excluding carboxylic acids is 1. The Hall–Kier alpha value is -0.650. The van der Waals surface area contributed by atoms with Crippen LogP contribution in [0.15, 0.2) is 0 Å². The summed E-state index contributed by atoms with van der Waals surface area (Å²) in [6, 6.07) is 0. The third-order valence-electron chi connectivity index (χ3n) is 3.91. The maximum Gasteiger partial charge on any atom is 0.306 e. The van der Waals surface area contributed by atoms with Crippen LogP contribution in [0.5, 0.6) is 0 Å². The lowest BCUT2D eigenvalue weighted by molar-refractivity contribution is -0.150. The summed E-state index contributed by atoms with van der Waals surface area (Å²) in [5, 5.41) is 0. The first-order valence-electron chi connectivity index (χ1n) is 9.25. The van der Waals surface area contributed by atoms with Crippen molar-refractivity contribution in [3.63, 3.8) is 0 Å². The average Bonchev–Trinajstić information content (AvgIpc) is 2.57. The summed E-state index contributed by atoms with van der Waals surface area (Å²) in [6.07, 6.45) is 9.28. The van der Waals surface area contributed by atoms with Gasteiger partial charge in [0.25, 0.3) is 0 Å². The smallest absolute Gasteiger partial charge is 0.306 e. The van der Waals surface area contributed by atoms with Gasteiger partial charge in [0.05, 0.1) is 26.4 Å². The summed E-state index contributed by atoms with van der Waals surface area (Å²) in [7, 11) is 0. The van der Waals surface area contributed by atoms with Crippen molar-refractivity contribution >= 4 is 5.97 Å². The minimum absolute atomic E-state index is 0.0824. The number of carbonyl (C=O) groups is 1. The number of hydrogen-bond donors (Lipinski definition) is 0. The molecule has 0 radical (unpaired) electrons. The Morgan fingerprint density at radius 3 is 2.00 bits per heavy atom. The van der Waals surface area contributed by atoms with Crippen LogP contribution in [0.1, 0.15) is 64.7 Å². The van der Waals surface area contributed by atoms with Crippen LogP contribution >= 0.6 is 0 Å². The molecule has 0 unspecified atom stereocenters. The van der Waals surface area contributed by atoms with Crippen LogP contribution < -0.4 is 0 Å². The third kappa shape index (κ3) is 12.4. The van der Waals surface area contributed by atoms with Crippen molar-refractivity contribution in [2.45, 2.75) is 70.8 Å². The number of hydrogen-bond acceptors (Lipinski definition) is 5. The van der Waals surface area contributed by atoms with Crippen LogP contribution in [0, 0.1) is 0 Å². The van der Waals surface area contributed by atoms with Gasteiger partial charge in [-0.2, -0.15) is 0 Å². The molecule has 5 nitrogen and oxygen atoms in total. The molecule has 0 atom stereocenters. The van der Waals surface area contributed by atoms with E-state index in [2.05, 4.69) is 6.92 Å². The highest BCUT2D eigenvalue weighted by molar-refractivity contribution is 5.69. The van der Waals surface area contributed by atoms with Crippen molar-refractivity contribution in [3.8, 4) is 0 Å². The maximum absolute atomic E-state index is 11.7. The predicted octanol–water partition coefficient (Wildman–Crippen LogP) is 3.49.